The Bertz CT molecular complexity index is 585. The Morgan fingerprint density at radius 1 is 1.25 bits per heavy atom. The SMILES string of the molecule is CCO[C@H](CC)CNc1ncnc2nc(C)cc(C)c12. The summed E-state index contributed by atoms with van der Waals surface area (Å²) < 4.78 is 5.65. The Balaban J connectivity index is 2.26. The van der Waals surface area contributed by atoms with Crippen molar-refractivity contribution >= 4 is 16.9 Å². The lowest BCUT2D eigenvalue weighted by Crippen LogP contribution is -2.23. The van der Waals surface area contributed by atoms with E-state index in [4.69, 9.17) is 4.74 Å². The number of hydrogen-bond acceptors (Lipinski definition) is 5. The number of fused-ring (bicyclic) bond motifs is 1. The lowest BCUT2D eigenvalue weighted by Gasteiger charge is -2.17. The van der Waals surface area contributed by atoms with Gasteiger partial charge >= 0.3 is 0 Å². The van der Waals surface area contributed by atoms with Crippen LogP contribution in [0.4, 0.5) is 5.82 Å². The van der Waals surface area contributed by atoms with Gasteiger partial charge in [-0.1, -0.05) is 6.92 Å². The normalized spacial score (nSPS) is 12.6. The topological polar surface area (TPSA) is 59.9 Å². The molecule has 0 saturated carbocycles. The number of anilines is 1. The van der Waals surface area contributed by atoms with Crippen molar-refractivity contribution in [2.75, 3.05) is 18.5 Å². The second-order valence-electron chi connectivity index (χ2n) is 4.87. The zero-order valence-electron chi connectivity index (χ0n) is 12.6. The quantitative estimate of drug-likeness (QED) is 0.877. The molecule has 2 rings (SSSR count). The Kier molecular flexibility index (Phi) is 4.84. The number of pyridine rings is 1. The van der Waals surface area contributed by atoms with Gasteiger partial charge in [-0.3, -0.25) is 0 Å². The number of aryl methyl sites for hydroxylation is 2. The fourth-order valence-corrected chi connectivity index (χ4v) is 2.31. The number of aromatic nitrogens is 3. The van der Waals surface area contributed by atoms with Gasteiger partial charge in [-0.05, 0) is 38.8 Å². The van der Waals surface area contributed by atoms with E-state index in [1.54, 1.807) is 6.33 Å². The molecule has 0 aliphatic rings. The minimum atomic E-state index is 0.198. The third kappa shape index (κ3) is 3.22. The Morgan fingerprint density at radius 2 is 2.05 bits per heavy atom. The summed E-state index contributed by atoms with van der Waals surface area (Å²) in [5.41, 5.74) is 2.85. The van der Waals surface area contributed by atoms with Crippen molar-refractivity contribution in [3.05, 3.63) is 23.7 Å². The molecule has 1 N–H and O–H groups in total. The maximum Gasteiger partial charge on any atom is 0.165 e. The molecule has 2 aromatic heterocycles. The molecule has 20 heavy (non-hydrogen) atoms. The van der Waals surface area contributed by atoms with E-state index in [1.807, 2.05) is 13.8 Å². The van der Waals surface area contributed by atoms with Crippen LogP contribution in [-0.2, 0) is 4.74 Å². The summed E-state index contributed by atoms with van der Waals surface area (Å²) in [5.74, 6) is 0.832. The van der Waals surface area contributed by atoms with Crippen LogP contribution in [0.2, 0.25) is 0 Å². The highest BCUT2D eigenvalue weighted by Crippen LogP contribution is 2.22. The van der Waals surface area contributed by atoms with Gasteiger partial charge in [0.25, 0.3) is 0 Å². The molecule has 0 aliphatic carbocycles. The summed E-state index contributed by atoms with van der Waals surface area (Å²) in [5, 5.41) is 4.36. The maximum atomic E-state index is 5.65. The van der Waals surface area contributed by atoms with Crippen LogP contribution in [0.5, 0.6) is 0 Å². The minimum absolute atomic E-state index is 0.198. The van der Waals surface area contributed by atoms with Crippen LogP contribution in [0.25, 0.3) is 11.0 Å². The van der Waals surface area contributed by atoms with Gasteiger partial charge in [0.05, 0.1) is 11.5 Å². The second-order valence-corrected chi connectivity index (χ2v) is 4.87. The van der Waals surface area contributed by atoms with Crippen LogP contribution in [0, 0.1) is 13.8 Å². The van der Waals surface area contributed by atoms with E-state index >= 15 is 0 Å². The van der Waals surface area contributed by atoms with Crippen molar-refractivity contribution in [2.45, 2.75) is 40.2 Å². The van der Waals surface area contributed by atoms with Gasteiger partial charge in [0, 0.05) is 18.8 Å². The van der Waals surface area contributed by atoms with Crippen molar-refractivity contribution in [1.82, 2.24) is 15.0 Å². The van der Waals surface area contributed by atoms with Crippen molar-refractivity contribution < 1.29 is 4.74 Å². The van der Waals surface area contributed by atoms with E-state index < -0.39 is 0 Å². The standard InChI is InChI=1S/C15H22N4O/c1-5-12(20-6-2)8-16-14-13-10(3)7-11(4)19-15(13)18-9-17-14/h7,9,12H,5-6,8H2,1-4H3,(H,16,17,18,19)/t12-/m1/s1. The molecule has 5 nitrogen and oxygen atoms in total. The highest BCUT2D eigenvalue weighted by Gasteiger charge is 2.11. The van der Waals surface area contributed by atoms with E-state index in [0.29, 0.717) is 0 Å². The molecule has 0 amide bonds. The second kappa shape index (κ2) is 6.61. The molecule has 0 bridgehead atoms. The van der Waals surface area contributed by atoms with Gasteiger partial charge in [-0.2, -0.15) is 0 Å². The van der Waals surface area contributed by atoms with E-state index in [1.165, 1.54) is 0 Å². The van der Waals surface area contributed by atoms with E-state index in [0.717, 1.165) is 47.7 Å². The molecule has 0 spiro atoms. The Hall–Kier alpha value is -1.75. The van der Waals surface area contributed by atoms with Crippen molar-refractivity contribution in [2.24, 2.45) is 0 Å². The molecule has 0 aromatic carbocycles. The number of ether oxygens (including phenoxy) is 1. The Morgan fingerprint density at radius 3 is 2.75 bits per heavy atom. The molecule has 0 fully saturated rings. The van der Waals surface area contributed by atoms with Gasteiger partial charge in [0.2, 0.25) is 0 Å². The lowest BCUT2D eigenvalue weighted by molar-refractivity contribution is 0.0695. The first-order valence-corrected chi connectivity index (χ1v) is 7.10. The number of nitrogens with zero attached hydrogens (tertiary/aromatic N) is 3. The Labute approximate surface area is 119 Å². The van der Waals surface area contributed by atoms with E-state index in [2.05, 4.69) is 40.2 Å². The highest BCUT2D eigenvalue weighted by atomic mass is 16.5. The summed E-state index contributed by atoms with van der Waals surface area (Å²) in [6.07, 6.45) is 2.72. The molecule has 1 atom stereocenters. The van der Waals surface area contributed by atoms with E-state index in [-0.39, 0.29) is 6.10 Å². The predicted molar refractivity (Wildman–Crippen MR) is 81.0 cm³/mol. The molecule has 5 heteroatoms. The third-order valence-electron chi connectivity index (χ3n) is 3.28. The third-order valence-corrected chi connectivity index (χ3v) is 3.28. The van der Waals surface area contributed by atoms with Gasteiger partial charge < -0.3 is 10.1 Å². The lowest BCUT2D eigenvalue weighted by atomic mass is 10.1. The molecule has 2 aromatic rings. The largest absolute Gasteiger partial charge is 0.377 e. The van der Waals surface area contributed by atoms with Gasteiger partial charge in [-0.25, -0.2) is 15.0 Å². The summed E-state index contributed by atoms with van der Waals surface area (Å²) in [7, 11) is 0. The summed E-state index contributed by atoms with van der Waals surface area (Å²) in [6, 6.07) is 2.05. The van der Waals surface area contributed by atoms with Crippen LogP contribution in [0.15, 0.2) is 12.4 Å². The molecule has 108 valence electrons. The van der Waals surface area contributed by atoms with Gasteiger partial charge in [-0.15, -0.1) is 0 Å². The number of rotatable bonds is 6. The minimum Gasteiger partial charge on any atom is -0.377 e. The molecular formula is C15H22N4O. The van der Waals surface area contributed by atoms with E-state index in [9.17, 15) is 0 Å². The molecule has 0 aliphatic heterocycles. The zero-order valence-corrected chi connectivity index (χ0v) is 12.6. The molecule has 2 heterocycles. The van der Waals surface area contributed by atoms with Crippen molar-refractivity contribution in [3.63, 3.8) is 0 Å². The molecule has 0 unspecified atom stereocenters. The zero-order chi connectivity index (χ0) is 14.5. The van der Waals surface area contributed by atoms with Crippen LogP contribution >= 0.6 is 0 Å². The molecule has 0 radical (unpaired) electrons. The maximum absolute atomic E-state index is 5.65. The summed E-state index contributed by atoms with van der Waals surface area (Å²) in [6.45, 7) is 9.64. The van der Waals surface area contributed by atoms with Crippen molar-refractivity contribution in [1.29, 1.82) is 0 Å². The van der Waals surface area contributed by atoms with Crippen LogP contribution in [-0.4, -0.2) is 34.2 Å². The summed E-state index contributed by atoms with van der Waals surface area (Å²) >= 11 is 0. The van der Waals surface area contributed by atoms with Gasteiger partial charge in [0.15, 0.2) is 5.65 Å². The van der Waals surface area contributed by atoms with Gasteiger partial charge in [0.1, 0.15) is 12.1 Å². The average molecular weight is 274 g/mol. The summed E-state index contributed by atoms with van der Waals surface area (Å²) in [4.78, 5) is 13.1. The number of nitrogens with one attached hydrogen (secondary N) is 1. The molecule has 0 saturated heterocycles. The average Bonchev–Trinajstić information content (AvgIpc) is 2.42. The van der Waals surface area contributed by atoms with Crippen LogP contribution in [0.3, 0.4) is 0 Å². The van der Waals surface area contributed by atoms with Crippen LogP contribution in [0.1, 0.15) is 31.5 Å². The van der Waals surface area contributed by atoms with Crippen LogP contribution < -0.4 is 5.32 Å². The highest BCUT2D eigenvalue weighted by molar-refractivity contribution is 5.89. The predicted octanol–water partition coefficient (Wildman–Crippen LogP) is 2.87. The number of hydrogen-bond donors (Lipinski definition) is 1. The van der Waals surface area contributed by atoms with Crippen molar-refractivity contribution in [3.8, 4) is 0 Å². The molecular weight excluding hydrogens is 252 g/mol. The fourth-order valence-electron chi connectivity index (χ4n) is 2.31. The monoisotopic (exact) mass is 274 g/mol. The first-order chi connectivity index (χ1) is 9.65. The first-order valence-electron chi connectivity index (χ1n) is 7.10. The fraction of sp³-hybridized carbons (Fsp3) is 0.533. The smallest absolute Gasteiger partial charge is 0.165 e. The first kappa shape index (κ1) is 14.7.